The smallest absolute Gasteiger partial charge is 0.238 e. The molecule has 0 aromatic heterocycles. The van der Waals surface area contributed by atoms with Crippen molar-refractivity contribution in [3.63, 3.8) is 0 Å². The van der Waals surface area contributed by atoms with Gasteiger partial charge in [0, 0.05) is 12.2 Å². The summed E-state index contributed by atoms with van der Waals surface area (Å²) in [5.41, 5.74) is 3.50. The van der Waals surface area contributed by atoms with Crippen LogP contribution in [-0.4, -0.2) is 30.4 Å². The zero-order valence-electron chi connectivity index (χ0n) is 15.4. The molecule has 0 unspecified atom stereocenters. The van der Waals surface area contributed by atoms with Gasteiger partial charge in [-0.25, -0.2) is 0 Å². The van der Waals surface area contributed by atoms with Gasteiger partial charge >= 0.3 is 0 Å². The van der Waals surface area contributed by atoms with Gasteiger partial charge in [0.1, 0.15) is 0 Å². The number of hydrogen-bond donors (Lipinski definition) is 1. The second kappa shape index (κ2) is 7.96. The molecule has 0 saturated carbocycles. The number of para-hydroxylation sites is 1. The molecule has 1 aliphatic rings. The number of likely N-dealkylation sites (tertiary alicyclic amines) is 1. The summed E-state index contributed by atoms with van der Waals surface area (Å²) >= 11 is 0. The van der Waals surface area contributed by atoms with Crippen LogP contribution in [-0.2, 0) is 4.79 Å². The summed E-state index contributed by atoms with van der Waals surface area (Å²) in [5, 5.41) is 3.22. The molecule has 1 atom stereocenters. The Morgan fingerprint density at radius 3 is 2.35 bits per heavy atom. The maximum Gasteiger partial charge on any atom is 0.238 e. The number of carbonyl (C=O) groups excluding carboxylic acids is 1. The number of piperidine rings is 1. The molecular formula is C20H32N2O. The van der Waals surface area contributed by atoms with Crippen molar-refractivity contribution in [2.75, 3.05) is 25.0 Å². The lowest BCUT2D eigenvalue weighted by atomic mass is 9.92. The lowest BCUT2D eigenvalue weighted by molar-refractivity contribution is -0.117. The van der Waals surface area contributed by atoms with Crippen LogP contribution in [0.15, 0.2) is 18.2 Å². The molecule has 1 amide bonds. The Balaban J connectivity index is 2.13. The summed E-state index contributed by atoms with van der Waals surface area (Å²) in [4.78, 5) is 14.9. The number of nitrogens with zero attached hydrogens (tertiary/aromatic N) is 1. The Kier molecular flexibility index (Phi) is 6.23. The second-order valence-corrected chi connectivity index (χ2v) is 7.65. The van der Waals surface area contributed by atoms with E-state index in [2.05, 4.69) is 63.0 Å². The molecule has 0 radical (unpaired) electrons. The van der Waals surface area contributed by atoms with Gasteiger partial charge in [0.25, 0.3) is 0 Å². The van der Waals surface area contributed by atoms with Crippen LogP contribution in [0.1, 0.15) is 70.4 Å². The maximum absolute atomic E-state index is 12.6. The molecule has 3 nitrogen and oxygen atoms in total. The van der Waals surface area contributed by atoms with Crippen LogP contribution >= 0.6 is 0 Å². The third kappa shape index (κ3) is 4.81. The molecule has 1 aliphatic heterocycles. The molecule has 0 bridgehead atoms. The first-order valence-electron chi connectivity index (χ1n) is 9.03. The van der Waals surface area contributed by atoms with E-state index in [1.54, 1.807) is 0 Å². The molecule has 1 saturated heterocycles. The van der Waals surface area contributed by atoms with Crippen LogP contribution in [0.3, 0.4) is 0 Å². The Labute approximate surface area is 141 Å². The van der Waals surface area contributed by atoms with E-state index in [4.69, 9.17) is 0 Å². The van der Waals surface area contributed by atoms with Crippen LogP contribution in [0, 0.1) is 5.92 Å². The number of amides is 1. The highest BCUT2D eigenvalue weighted by Gasteiger charge is 2.20. The fraction of sp³-hybridized carbons (Fsp3) is 0.650. The van der Waals surface area contributed by atoms with Crippen molar-refractivity contribution in [2.45, 2.75) is 59.3 Å². The quantitative estimate of drug-likeness (QED) is 0.860. The molecule has 2 rings (SSSR count). The summed E-state index contributed by atoms with van der Waals surface area (Å²) in [5.74, 6) is 1.62. The molecule has 1 fully saturated rings. The molecular weight excluding hydrogens is 284 g/mol. The summed E-state index contributed by atoms with van der Waals surface area (Å²) < 4.78 is 0. The van der Waals surface area contributed by atoms with E-state index in [-0.39, 0.29) is 5.91 Å². The monoisotopic (exact) mass is 316 g/mol. The van der Waals surface area contributed by atoms with E-state index in [1.165, 1.54) is 24.0 Å². The first-order valence-corrected chi connectivity index (χ1v) is 9.03. The van der Waals surface area contributed by atoms with Gasteiger partial charge in [-0.2, -0.15) is 0 Å². The van der Waals surface area contributed by atoms with E-state index >= 15 is 0 Å². The second-order valence-electron chi connectivity index (χ2n) is 7.65. The molecule has 3 heteroatoms. The Morgan fingerprint density at radius 1 is 1.22 bits per heavy atom. The van der Waals surface area contributed by atoms with Gasteiger partial charge in [-0.05, 0) is 48.3 Å². The lowest BCUT2D eigenvalue weighted by Gasteiger charge is -2.30. The van der Waals surface area contributed by atoms with Crippen molar-refractivity contribution >= 4 is 11.6 Å². The Morgan fingerprint density at radius 2 is 1.83 bits per heavy atom. The van der Waals surface area contributed by atoms with E-state index in [0.29, 0.717) is 24.3 Å². The minimum atomic E-state index is 0.120. The summed E-state index contributed by atoms with van der Waals surface area (Å²) in [7, 11) is 0. The topological polar surface area (TPSA) is 32.3 Å². The van der Waals surface area contributed by atoms with E-state index < -0.39 is 0 Å². The van der Waals surface area contributed by atoms with Crippen LogP contribution in [0.5, 0.6) is 0 Å². The molecule has 1 aromatic rings. The minimum absolute atomic E-state index is 0.120. The zero-order valence-corrected chi connectivity index (χ0v) is 15.4. The lowest BCUT2D eigenvalue weighted by Crippen LogP contribution is -2.40. The van der Waals surface area contributed by atoms with E-state index in [0.717, 1.165) is 18.8 Å². The highest BCUT2D eigenvalue weighted by atomic mass is 16.2. The Bertz CT molecular complexity index is 510. The molecule has 1 heterocycles. The number of hydrogen-bond acceptors (Lipinski definition) is 2. The van der Waals surface area contributed by atoms with Crippen molar-refractivity contribution in [1.29, 1.82) is 0 Å². The third-order valence-corrected chi connectivity index (χ3v) is 4.75. The fourth-order valence-corrected chi connectivity index (χ4v) is 3.51. The summed E-state index contributed by atoms with van der Waals surface area (Å²) in [6.45, 7) is 13.6. The van der Waals surface area contributed by atoms with Crippen molar-refractivity contribution in [2.24, 2.45) is 5.92 Å². The molecule has 0 spiro atoms. The number of benzene rings is 1. The third-order valence-electron chi connectivity index (χ3n) is 4.75. The molecule has 0 aliphatic carbocycles. The molecule has 1 N–H and O–H groups in total. The minimum Gasteiger partial charge on any atom is -0.324 e. The van der Waals surface area contributed by atoms with Gasteiger partial charge in [-0.3, -0.25) is 9.69 Å². The van der Waals surface area contributed by atoms with Crippen molar-refractivity contribution < 1.29 is 4.79 Å². The van der Waals surface area contributed by atoms with Crippen LogP contribution < -0.4 is 5.32 Å². The van der Waals surface area contributed by atoms with Gasteiger partial charge in [0.15, 0.2) is 0 Å². The van der Waals surface area contributed by atoms with Crippen molar-refractivity contribution in [3.8, 4) is 0 Å². The molecule has 128 valence electrons. The van der Waals surface area contributed by atoms with Gasteiger partial charge < -0.3 is 5.32 Å². The highest BCUT2D eigenvalue weighted by Crippen LogP contribution is 2.32. The summed E-state index contributed by atoms with van der Waals surface area (Å²) in [6, 6.07) is 6.37. The Hall–Kier alpha value is -1.35. The SMILES string of the molecule is CC(C)c1cccc(C(C)C)c1NC(=O)CN1CCC[C@H](C)C1. The molecule has 1 aromatic carbocycles. The average Bonchev–Trinajstić information content (AvgIpc) is 2.46. The van der Waals surface area contributed by atoms with Crippen LogP contribution in [0.2, 0.25) is 0 Å². The van der Waals surface area contributed by atoms with Gasteiger partial charge in [0.2, 0.25) is 5.91 Å². The maximum atomic E-state index is 12.6. The predicted molar refractivity (Wildman–Crippen MR) is 98.1 cm³/mol. The van der Waals surface area contributed by atoms with E-state index in [9.17, 15) is 4.79 Å². The number of carbonyl (C=O) groups is 1. The van der Waals surface area contributed by atoms with Gasteiger partial charge in [0.05, 0.1) is 6.54 Å². The van der Waals surface area contributed by atoms with Gasteiger partial charge in [-0.15, -0.1) is 0 Å². The zero-order chi connectivity index (χ0) is 17.0. The molecule has 23 heavy (non-hydrogen) atoms. The number of rotatable bonds is 5. The first-order chi connectivity index (χ1) is 10.9. The number of anilines is 1. The largest absolute Gasteiger partial charge is 0.324 e. The highest BCUT2D eigenvalue weighted by molar-refractivity contribution is 5.94. The average molecular weight is 316 g/mol. The first kappa shape index (κ1) is 18.0. The van der Waals surface area contributed by atoms with Crippen molar-refractivity contribution in [1.82, 2.24) is 4.90 Å². The van der Waals surface area contributed by atoms with Crippen LogP contribution in [0.25, 0.3) is 0 Å². The van der Waals surface area contributed by atoms with Gasteiger partial charge in [-0.1, -0.05) is 52.8 Å². The van der Waals surface area contributed by atoms with Crippen LogP contribution in [0.4, 0.5) is 5.69 Å². The standard InChI is InChI=1S/C20H32N2O/c1-14(2)17-9-6-10-18(15(3)4)20(17)21-19(23)13-22-11-7-8-16(5)12-22/h6,9-10,14-16H,7-8,11-13H2,1-5H3,(H,21,23)/t16-/m0/s1. The predicted octanol–water partition coefficient (Wildman–Crippen LogP) is 4.60. The normalized spacial score (nSPS) is 19.3. The fourth-order valence-electron chi connectivity index (χ4n) is 3.51. The number of nitrogens with one attached hydrogen (secondary N) is 1. The van der Waals surface area contributed by atoms with E-state index in [1.807, 2.05) is 0 Å². The summed E-state index contributed by atoms with van der Waals surface area (Å²) in [6.07, 6.45) is 2.49. The van der Waals surface area contributed by atoms with Crippen molar-refractivity contribution in [3.05, 3.63) is 29.3 Å².